The molecule has 126 valence electrons. The molecule has 0 saturated carbocycles. The van der Waals surface area contributed by atoms with E-state index < -0.39 is 0 Å². The molecule has 2 heteroatoms. The second kappa shape index (κ2) is 5.60. The lowest BCUT2D eigenvalue weighted by Crippen LogP contribution is -2.10. The Hall–Kier alpha value is -2.32. The molecule has 0 aliphatic carbocycles. The molecule has 4 aromatic rings. The fourth-order valence-corrected chi connectivity index (χ4v) is 4.72. The molecule has 0 fully saturated rings. The number of aromatic amines is 1. The van der Waals surface area contributed by atoms with Crippen LogP contribution in [-0.4, -0.2) is 4.98 Å². The number of rotatable bonds is 0. The first-order chi connectivity index (χ1) is 11.9. The highest BCUT2D eigenvalue weighted by molar-refractivity contribution is 7.17. The summed E-state index contributed by atoms with van der Waals surface area (Å²) >= 11 is 1.84. The van der Waals surface area contributed by atoms with Gasteiger partial charge in [-0.05, 0) is 35.3 Å². The summed E-state index contributed by atoms with van der Waals surface area (Å²) in [6.07, 6.45) is 2.21. The van der Waals surface area contributed by atoms with Crippen LogP contribution in [0, 0.1) is 9.88 Å². The van der Waals surface area contributed by atoms with Gasteiger partial charge in [-0.15, -0.1) is 11.3 Å². The SMILES string of the molecule is C=c1/c(=c2/sc3ccccc3/c2=C/C)[nH]c2cc(C(C)(C)C)ccc12. The number of hydrogen-bond donors (Lipinski definition) is 1. The molecule has 0 bridgehead atoms. The van der Waals surface area contributed by atoms with Crippen molar-refractivity contribution < 1.29 is 0 Å². The summed E-state index contributed by atoms with van der Waals surface area (Å²) in [5.41, 5.74) is 2.65. The van der Waals surface area contributed by atoms with Crippen molar-refractivity contribution in [2.45, 2.75) is 33.1 Å². The van der Waals surface area contributed by atoms with Crippen LogP contribution in [0.1, 0.15) is 33.3 Å². The monoisotopic (exact) mass is 345 g/mol. The highest BCUT2D eigenvalue weighted by Gasteiger charge is 2.14. The van der Waals surface area contributed by atoms with Crippen molar-refractivity contribution in [2.24, 2.45) is 0 Å². The van der Waals surface area contributed by atoms with Crippen molar-refractivity contribution in [3.63, 3.8) is 0 Å². The summed E-state index contributed by atoms with van der Waals surface area (Å²) < 4.78 is 2.60. The van der Waals surface area contributed by atoms with Gasteiger partial charge in [-0.25, -0.2) is 0 Å². The Morgan fingerprint density at radius 1 is 1.04 bits per heavy atom. The van der Waals surface area contributed by atoms with Gasteiger partial charge in [0.05, 0.1) is 9.88 Å². The van der Waals surface area contributed by atoms with Gasteiger partial charge in [0.15, 0.2) is 0 Å². The molecule has 2 aromatic heterocycles. The van der Waals surface area contributed by atoms with E-state index in [9.17, 15) is 0 Å². The number of H-pyrrole nitrogens is 1. The van der Waals surface area contributed by atoms with E-state index in [0.717, 1.165) is 10.6 Å². The van der Waals surface area contributed by atoms with E-state index in [1.54, 1.807) is 0 Å². The molecular weight excluding hydrogens is 322 g/mol. The Morgan fingerprint density at radius 2 is 1.80 bits per heavy atom. The van der Waals surface area contributed by atoms with Crippen LogP contribution in [0.2, 0.25) is 0 Å². The molecule has 0 aliphatic heterocycles. The average molecular weight is 346 g/mol. The van der Waals surface area contributed by atoms with Crippen LogP contribution in [0.5, 0.6) is 0 Å². The summed E-state index contributed by atoms with van der Waals surface area (Å²) in [4.78, 5) is 3.66. The molecule has 0 unspecified atom stereocenters. The highest BCUT2D eigenvalue weighted by atomic mass is 32.1. The van der Waals surface area contributed by atoms with E-state index in [2.05, 4.69) is 87.8 Å². The van der Waals surface area contributed by atoms with Gasteiger partial charge in [-0.2, -0.15) is 0 Å². The quantitative estimate of drug-likeness (QED) is 0.452. The maximum absolute atomic E-state index is 4.38. The van der Waals surface area contributed by atoms with Gasteiger partial charge in [0.25, 0.3) is 0 Å². The minimum absolute atomic E-state index is 0.140. The smallest absolute Gasteiger partial charge is 0.0640 e. The largest absolute Gasteiger partial charge is 0.353 e. The molecule has 25 heavy (non-hydrogen) atoms. The van der Waals surface area contributed by atoms with Gasteiger partial charge < -0.3 is 4.98 Å². The van der Waals surface area contributed by atoms with Crippen LogP contribution in [0.3, 0.4) is 0 Å². The Kier molecular flexibility index (Phi) is 3.62. The van der Waals surface area contributed by atoms with Crippen LogP contribution < -0.4 is 10.4 Å². The summed E-state index contributed by atoms with van der Waals surface area (Å²) in [5.74, 6) is 0. The lowest BCUT2D eigenvalue weighted by molar-refractivity contribution is 0.591. The third kappa shape index (κ3) is 2.52. The molecule has 1 nitrogen and oxygen atoms in total. The minimum Gasteiger partial charge on any atom is -0.353 e. The van der Waals surface area contributed by atoms with Gasteiger partial charge in [0.1, 0.15) is 0 Å². The Bertz CT molecular complexity index is 1300. The number of hydrogen-bond acceptors (Lipinski definition) is 1. The second-order valence-electron chi connectivity index (χ2n) is 7.62. The van der Waals surface area contributed by atoms with Crippen molar-refractivity contribution in [1.82, 2.24) is 4.98 Å². The molecule has 0 aliphatic rings. The van der Waals surface area contributed by atoms with E-state index in [1.807, 2.05) is 11.3 Å². The first-order valence-electron chi connectivity index (χ1n) is 8.69. The van der Waals surface area contributed by atoms with Crippen molar-refractivity contribution in [3.05, 3.63) is 68.3 Å². The van der Waals surface area contributed by atoms with Gasteiger partial charge in [0.2, 0.25) is 0 Å². The lowest BCUT2D eigenvalue weighted by Gasteiger charge is -2.18. The molecule has 1 N–H and O–H groups in total. The molecule has 0 radical (unpaired) electrons. The van der Waals surface area contributed by atoms with Crippen LogP contribution in [-0.2, 0) is 5.41 Å². The molecule has 0 saturated heterocycles. The van der Waals surface area contributed by atoms with Crippen LogP contribution >= 0.6 is 11.3 Å². The van der Waals surface area contributed by atoms with Crippen LogP contribution in [0.15, 0.2) is 42.5 Å². The van der Waals surface area contributed by atoms with Crippen molar-refractivity contribution >= 4 is 45.0 Å². The first kappa shape index (κ1) is 16.2. The van der Waals surface area contributed by atoms with Gasteiger partial charge in [-0.1, -0.05) is 63.8 Å². The number of fused-ring (bicyclic) bond motifs is 2. The number of nitrogens with one attached hydrogen (secondary N) is 1. The topological polar surface area (TPSA) is 15.8 Å². The first-order valence-corrected chi connectivity index (χ1v) is 9.51. The van der Waals surface area contributed by atoms with E-state index >= 15 is 0 Å². The zero-order valence-corrected chi connectivity index (χ0v) is 16.1. The Labute approximate surface area is 151 Å². The third-order valence-corrected chi connectivity index (χ3v) is 6.13. The molecule has 0 atom stereocenters. The minimum atomic E-state index is 0.140. The standard InChI is InChI=1S/C23H23NS/c1-6-16-18-9-7-8-10-20(18)25-22(16)21-14(2)17-12-11-15(23(3,4)5)13-19(17)24-21/h6-13,24H,2H2,1,3-5H3/b16-6-,22-21-. The molecule has 4 rings (SSSR count). The Balaban J connectivity index is 2.21. The Morgan fingerprint density at radius 3 is 2.52 bits per heavy atom. The summed E-state index contributed by atoms with van der Waals surface area (Å²) in [6, 6.07) is 15.3. The number of aromatic nitrogens is 1. The summed E-state index contributed by atoms with van der Waals surface area (Å²) in [5, 5.41) is 6.06. The van der Waals surface area contributed by atoms with Crippen LogP contribution in [0.25, 0.3) is 33.6 Å². The van der Waals surface area contributed by atoms with Gasteiger partial charge in [-0.3, -0.25) is 0 Å². The molecule has 2 aromatic carbocycles. The second-order valence-corrected chi connectivity index (χ2v) is 8.67. The fraction of sp³-hybridized carbons (Fsp3) is 0.217. The maximum atomic E-state index is 4.38. The van der Waals surface area contributed by atoms with Crippen LogP contribution in [0.4, 0.5) is 0 Å². The van der Waals surface area contributed by atoms with Crippen molar-refractivity contribution in [1.29, 1.82) is 0 Å². The predicted octanol–water partition coefficient (Wildman–Crippen LogP) is 5.18. The molecule has 0 spiro atoms. The number of thiophene rings is 1. The number of benzene rings is 2. The lowest BCUT2D eigenvalue weighted by atomic mass is 9.87. The zero-order valence-electron chi connectivity index (χ0n) is 15.2. The highest BCUT2D eigenvalue weighted by Crippen LogP contribution is 2.25. The zero-order chi connectivity index (χ0) is 17.8. The van der Waals surface area contributed by atoms with E-state index in [4.69, 9.17) is 0 Å². The van der Waals surface area contributed by atoms with E-state index in [0.29, 0.717) is 0 Å². The van der Waals surface area contributed by atoms with Gasteiger partial charge in [0, 0.05) is 26.2 Å². The predicted molar refractivity (Wildman–Crippen MR) is 111 cm³/mol. The van der Waals surface area contributed by atoms with E-state index in [-0.39, 0.29) is 5.41 Å². The summed E-state index contributed by atoms with van der Waals surface area (Å²) in [7, 11) is 0. The third-order valence-electron chi connectivity index (χ3n) is 4.92. The summed E-state index contributed by atoms with van der Waals surface area (Å²) in [6.45, 7) is 13.2. The molecule has 0 amide bonds. The fourth-order valence-electron chi connectivity index (χ4n) is 3.45. The van der Waals surface area contributed by atoms with Crippen molar-refractivity contribution in [3.8, 4) is 0 Å². The normalized spacial score (nSPS) is 14.6. The molecule has 2 heterocycles. The van der Waals surface area contributed by atoms with Gasteiger partial charge >= 0.3 is 0 Å². The maximum Gasteiger partial charge on any atom is 0.0640 e. The molecular formula is C23H23NS. The average Bonchev–Trinajstić information content (AvgIpc) is 3.11. The van der Waals surface area contributed by atoms with E-state index in [1.165, 1.54) is 36.3 Å². The van der Waals surface area contributed by atoms with Crippen molar-refractivity contribution in [2.75, 3.05) is 0 Å².